The average Bonchev–Trinajstić information content (AvgIpc) is 3.09. The molecule has 0 saturated carbocycles. The van der Waals surface area contributed by atoms with Gasteiger partial charge in [-0.05, 0) is 19.8 Å². The maximum atomic E-state index is 12.0. The zero-order valence-electron chi connectivity index (χ0n) is 11.5. The van der Waals surface area contributed by atoms with Crippen LogP contribution in [0.4, 0.5) is 0 Å². The smallest absolute Gasteiger partial charge is 0.350 e. The van der Waals surface area contributed by atoms with E-state index in [1.807, 2.05) is 0 Å². The Morgan fingerprint density at radius 3 is 3.25 bits per heavy atom. The number of nitrogens with zero attached hydrogens (tertiary/aromatic N) is 4. The van der Waals surface area contributed by atoms with Crippen LogP contribution < -0.4 is 11.0 Å². The Morgan fingerprint density at radius 2 is 2.50 bits per heavy atom. The van der Waals surface area contributed by atoms with Gasteiger partial charge in [0.15, 0.2) is 5.65 Å². The van der Waals surface area contributed by atoms with E-state index in [1.54, 1.807) is 18.6 Å². The van der Waals surface area contributed by atoms with E-state index < -0.39 is 0 Å². The first-order valence-electron chi connectivity index (χ1n) is 7.00. The molecule has 0 spiro atoms. The van der Waals surface area contributed by atoms with Crippen LogP contribution in [0.1, 0.15) is 19.8 Å². The van der Waals surface area contributed by atoms with Crippen LogP contribution in [0.3, 0.4) is 0 Å². The quantitative estimate of drug-likeness (QED) is 0.836. The second kappa shape index (κ2) is 5.72. The highest BCUT2D eigenvalue weighted by atomic mass is 16.5. The highest BCUT2D eigenvalue weighted by Gasteiger charge is 2.21. The zero-order valence-corrected chi connectivity index (χ0v) is 11.5. The summed E-state index contributed by atoms with van der Waals surface area (Å²) in [4.78, 5) is 16.0. The van der Waals surface area contributed by atoms with Crippen molar-refractivity contribution >= 4 is 5.65 Å². The Morgan fingerprint density at radius 1 is 1.60 bits per heavy atom. The molecule has 2 atom stereocenters. The summed E-state index contributed by atoms with van der Waals surface area (Å²) in [5.41, 5.74) is 0.443. The standard InChI is InChI=1S/C13H19N5O2/c1-10(11-3-2-8-20-11)15-5-7-18-13(19)17-6-4-14-9-12(17)16-18/h4,6,9-11,15H,2-3,5,7-8H2,1H3. The molecule has 0 radical (unpaired) electrons. The average molecular weight is 277 g/mol. The van der Waals surface area contributed by atoms with Gasteiger partial charge in [-0.2, -0.15) is 0 Å². The van der Waals surface area contributed by atoms with Gasteiger partial charge in [-0.25, -0.2) is 13.9 Å². The van der Waals surface area contributed by atoms with Gasteiger partial charge in [0, 0.05) is 31.6 Å². The third-order valence-corrected chi connectivity index (χ3v) is 3.70. The lowest BCUT2D eigenvalue weighted by Crippen LogP contribution is -2.39. The normalized spacial score (nSPS) is 20.6. The van der Waals surface area contributed by atoms with Gasteiger partial charge in [0.05, 0.1) is 18.8 Å². The molecule has 1 aliphatic rings. The van der Waals surface area contributed by atoms with E-state index in [0.29, 0.717) is 24.8 Å². The van der Waals surface area contributed by atoms with Crippen molar-refractivity contribution in [1.29, 1.82) is 0 Å². The second-order valence-corrected chi connectivity index (χ2v) is 5.10. The fourth-order valence-corrected chi connectivity index (χ4v) is 2.55. The predicted molar refractivity (Wildman–Crippen MR) is 73.7 cm³/mol. The number of aromatic nitrogens is 4. The number of rotatable bonds is 5. The van der Waals surface area contributed by atoms with Crippen molar-refractivity contribution in [3.8, 4) is 0 Å². The van der Waals surface area contributed by atoms with Crippen LogP contribution in [0.5, 0.6) is 0 Å². The van der Waals surface area contributed by atoms with Crippen LogP contribution in [0.25, 0.3) is 5.65 Å². The fraction of sp³-hybridized carbons (Fsp3) is 0.615. The predicted octanol–water partition coefficient (Wildman–Crippen LogP) is 0.0481. The Hall–Kier alpha value is -1.73. The van der Waals surface area contributed by atoms with Crippen LogP contribution in [-0.4, -0.2) is 44.5 Å². The molecule has 2 unspecified atom stereocenters. The van der Waals surface area contributed by atoms with Gasteiger partial charge >= 0.3 is 5.69 Å². The molecule has 2 aromatic rings. The van der Waals surface area contributed by atoms with Crippen LogP contribution >= 0.6 is 0 Å². The third-order valence-electron chi connectivity index (χ3n) is 3.70. The summed E-state index contributed by atoms with van der Waals surface area (Å²) in [5, 5.41) is 7.63. The van der Waals surface area contributed by atoms with Gasteiger partial charge < -0.3 is 10.1 Å². The van der Waals surface area contributed by atoms with Crippen LogP contribution in [-0.2, 0) is 11.3 Å². The van der Waals surface area contributed by atoms with Crippen molar-refractivity contribution in [2.45, 2.75) is 38.5 Å². The molecule has 3 heterocycles. The Balaban J connectivity index is 1.59. The number of ether oxygens (including phenoxy) is 1. The molecule has 3 rings (SSSR count). The Labute approximate surface area is 116 Å². The monoisotopic (exact) mass is 277 g/mol. The molecule has 0 aliphatic carbocycles. The lowest BCUT2D eigenvalue weighted by Gasteiger charge is -2.19. The number of hydrogen-bond donors (Lipinski definition) is 1. The first-order valence-corrected chi connectivity index (χ1v) is 7.00. The highest BCUT2D eigenvalue weighted by Crippen LogP contribution is 2.15. The molecular formula is C13H19N5O2. The summed E-state index contributed by atoms with van der Waals surface area (Å²) in [7, 11) is 0. The molecule has 0 amide bonds. The molecule has 1 saturated heterocycles. The van der Waals surface area contributed by atoms with Crippen molar-refractivity contribution in [1.82, 2.24) is 24.5 Å². The van der Waals surface area contributed by atoms with E-state index >= 15 is 0 Å². The first kappa shape index (κ1) is 13.3. The molecule has 0 aromatic carbocycles. The molecule has 0 bridgehead atoms. The highest BCUT2D eigenvalue weighted by molar-refractivity contribution is 5.31. The largest absolute Gasteiger partial charge is 0.377 e. The Bertz CT molecular complexity index is 629. The minimum absolute atomic E-state index is 0.131. The summed E-state index contributed by atoms with van der Waals surface area (Å²) in [6.45, 7) is 4.21. The molecule has 1 fully saturated rings. The second-order valence-electron chi connectivity index (χ2n) is 5.10. The maximum absolute atomic E-state index is 12.0. The third kappa shape index (κ3) is 2.59. The van der Waals surface area contributed by atoms with Crippen molar-refractivity contribution in [2.75, 3.05) is 13.2 Å². The molecule has 1 N–H and O–H groups in total. The summed E-state index contributed by atoms with van der Waals surface area (Å²) >= 11 is 0. The van der Waals surface area contributed by atoms with Gasteiger partial charge in [0.2, 0.25) is 0 Å². The first-order chi connectivity index (χ1) is 9.75. The number of nitrogens with one attached hydrogen (secondary N) is 1. The van der Waals surface area contributed by atoms with Gasteiger partial charge in [-0.15, -0.1) is 5.10 Å². The SMILES string of the molecule is CC(NCCn1nc2cnccn2c1=O)C1CCCO1. The molecule has 108 valence electrons. The van der Waals surface area contributed by atoms with Crippen LogP contribution in [0.2, 0.25) is 0 Å². The molecule has 7 heteroatoms. The van der Waals surface area contributed by atoms with Crippen LogP contribution in [0, 0.1) is 0 Å². The maximum Gasteiger partial charge on any atom is 0.350 e. The fourth-order valence-electron chi connectivity index (χ4n) is 2.55. The number of hydrogen-bond acceptors (Lipinski definition) is 5. The lowest BCUT2D eigenvalue weighted by molar-refractivity contribution is 0.0834. The molecule has 20 heavy (non-hydrogen) atoms. The van der Waals surface area contributed by atoms with Crippen molar-refractivity contribution in [3.63, 3.8) is 0 Å². The lowest BCUT2D eigenvalue weighted by atomic mass is 10.1. The van der Waals surface area contributed by atoms with Gasteiger partial charge in [-0.1, -0.05) is 0 Å². The van der Waals surface area contributed by atoms with Gasteiger partial charge in [0.25, 0.3) is 0 Å². The Kier molecular flexibility index (Phi) is 3.79. The van der Waals surface area contributed by atoms with E-state index in [-0.39, 0.29) is 11.8 Å². The minimum Gasteiger partial charge on any atom is -0.377 e. The van der Waals surface area contributed by atoms with Gasteiger partial charge in [0.1, 0.15) is 0 Å². The topological polar surface area (TPSA) is 73.5 Å². The van der Waals surface area contributed by atoms with Crippen LogP contribution in [0.15, 0.2) is 23.4 Å². The van der Waals surface area contributed by atoms with E-state index in [9.17, 15) is 4.79 Å². The van der Waals surface area contributed by atoms with E-state index in [1.165, 1.54) is 9.08 Å². The van der Waals surface area contributed by atoms with E-state index in [0.717, 1.165) is 19.4 Å². The summed E-state index contributed by atoms with van der Waals surface area (Å²) in [6.07, 6.45) is 7.32. The minimum atomic E-state index is -0.131. The molecule has 7 nitrogen and oxygen atoms in total. The molecule has 1 aliphatic heterocycles. The zero-order chi connectivity index (χ0) is 13.9. The van der Waals surface area contributed by atoms with Crippen molar-refractivity contribution in [3.05, 3.63) is 29.1 Å². The van der Waals surface area contributed by atoms with Gasteiger partial charge in [-0.3, -0.25) is 4.98 Å². The molecule has 2 aromatic heterocycles. The molecular weight excluding hydrogens is 258 g/mol. The van der Waals surface area contributed by atoms with E-state index in [2.05, 4.69) is 22.3 Å². The van der Waals surface area contributed by atoms with Crippen molar-refractivity contribution < 1.29 is 4.74 Å². The summed E-state index contributed by atoms with van der Waals surface area (Å²) in [6, 6.07) is 0.298. The number of fused-ring (bicyclic) bond motifs is 1. The van der Waals surface area contributed by atoms with Crippen molar-refractivity contribution in [2.24, 2.45) is 0 Å². The summed E-state index contributed by atoms with van der Waals surface area (Å²) in [5.74, 6) is 0. The summed E-state index contributed by atoms with van der Waals surface area (Å²) < 4.78 is 8.59. The van der Waals surface area contributed by atoms with E-state index in [4.69, 9.17) is 4.74 Å².